The summed E-state index contributed by atoms with van der Waals surface area (Å²) in [7, 11) is 0. The highest BCUT2D eigenvalue weighted by Gasteiger charge is 2.69. The zero-order valence-corrected chi connectivity index (χ0v) is 21.5. The largest absolute Gasteiger partial charge is 0.481 e. The molecule has 5 rings (SSSR count). The van der Waals surface area contributed by atoms with E-state index >= 15 is 0 Å². The number of rotatable bonds is 1. The first-order valence-corrected chi connectivity index (χ1v) is 13.8. The maximum absolute atomic E-state index is 12.1. The number of fused-ring (bicyclic) bond motifs is 7. The third-order valence-corrected chi connectivity index (χ3v) is 13.3. The Labute approximate surface area is 196 Å². The number of aliphatic hydroxyl groups excluding tert-OH is 1. The maximum atomic E-state index is 12.1. The zero-order valence-electron chi connectivity index (χ0n) is 21.5. The topological polar surface area (TPSA) is 57.5 Å². The summed E-state index contributed by atoms with van der Waals surface area (Å²) >= 11 is 0. The van der Waals surface area contributed by atoms with Gasteiger partial charge in [0.25, 0.3) is 0 Å². The first-order chi connectivity index (χ1) is 14.9. The third kappa shape index (κ3) is 2.78. The standard InChI is InChI=1S/C29H48O3/c1-17-7-8-19(25(31)32)18-11-15-28(5)20(24(17)18)9-10-22-27(4)14-13-23(30)26(2,3)21(27)12-16-29(22,28)6/h17-24,30H,7-16H2,1-6H3,(H,31,32). The lowest BCUT2D eigenvalue weighted by Gasteiger charge is -2.73. The number of carbonyl (C=O) groups is 1. The Bertz CT molecular complexity index is 774. The predicted molar refractivity (Wildman–Crippen MR) is 128 cm³/mol. The molecule has 0 saturated heterocycles. The summed E-state index contributed by atoms with van der Waals surface area (Å²) in [5.74, 6) is 3.03. The zero-order chi connectivity index (χ0) is 23.3. The van der Waals surface area contributed by atoms with Crippen molar-refractivity contribution in [3.8, 4) is 0 Å². The van der Waals surface area contributed by atoms with E-state index in [1.165, 1.54) is 38.5 Å². The summed E-state index contributed by atoms with van der Waals surface area (Å²) < 4.78 is 0. The molecule has 0 radical (unpaired) electrons. The van der Waals surface area contributed by atoms with Crippen molar-refractivity contribution in [3.63, 3.8) is 0 Å². The van der Waals surface area contributed by atoms with Gasteiger partial charge in [-0.2, -0.15) is 0 Å². The fourth-order valence-electron chi connectivity index (χ4n) is 11.5. The number of hydrogen-bond donors (Lipinski definition) is 2. The molecule has 0 bridgehead atoms. The van der Waals surface area contributed by atoms with Gasteiger partial charge in [0.15, 0.2) is 0 Å². The molecule has 0 aromatic carbocycles. The van der Waals surface area contributed by atoms with E-state index in [0.29, 0.717) is 45.8 Å². The number of carboxylic acid groups (broad SMARTS) is 1. The molecule has 0 aliphatic heterocycles. The SMILES string of the molecule is CC1CCC(C(=O)O)C2CCC3(C)C(CCC4C5(C)CCC(O)C(C)(C)C5CCC43C)C12. The normalized spacial score (nSPS) is 56.8. The van der Waals surface area contributed by atoms with E-state index in [1.807, 2.05) is 0 Å². The first-order valence-electron chi connectivity index (χ1n) is 13.8. The van der Waals surface area contributed by atoms with Gasteiger partial charge in [0.2, 0.25) is 0 Å². The van der Waals surface area contributed by atoms with Crippen molar-refractivity contribution in [2.45, 2.75) is 112 Å². The summed E-state index contributed by atoms with van der Waals surface area (Å²) in [5, 5.41) is 20.8. The lowest BCUT2D eigenvalue weighted by atomic mass is 9.32. The van der Waals surface area contributed by atoms with Gasteiger partial charge in [-0.25, -0.2) is 0 Å². The predicted octanol–water partition coefficient (Wildman–Crippen LogP) is 6.78. The van der Waals surface area contributed by atoms with Gasteiger partial charge in [0, 0.05) is 0 Å². The van der Waals surface area contributed by atoms with E-state index in [1.54, 1.807) is 0 Å². The average Bonchev–Trinajstić information content (AvgIpc) is 2.71. The van der Waals surface area contributed by atoms with E-state index in [4.69, 9.17) is 0 Å². The van der Waals surface area contributed by atoms with Crippen molar-refractivity contribution >= 4 is 5.97 Å². The van der Waals surface area contributed by atoms with E-state index in [0.717, 1.165) is 31.6 Å². The molecule has 3 nitrogen and oxygen atoms in total. The van der Waals surface area contributed by atoms with Gasteiger partial charge < -0.3 is 10.2 Å². The molecule has 32 heavy (non-hydrogen) atoms. The Morgan fingerprint density at radius 1 is 0.781 bits per heavy atom. The van der Waals surface area contributed by atoms with Crippen LogP contribution < -0.4 is 0 Å². The van der Waals surface area contributed by atoms with E-state index in [-0.39, 0.29) is 17.4 Å². The summed E-state index contributed by atoms with van der Waals surface area (Å²) in [6, 6.07) is 0. The summed E-state index contributed by atoms with van der Waals surface area (Å²) in [5.41, 5.74) is 0.985. The Morgan fingerprint density at radius 3 is 2.16 bits per heavy atom. The number of aliphatic carboxylic acids is 1. The van der Waals surface area contributed by atoms with Crippen LogP contribution in [0.3, 0.4) is 0 Å². The average molecular weight is 445 g/mol. The second-order valence-corrected chi connectivity index (χ2v) is 14.3. The number of carboxylic acids is 1. The molecule has 3 heteroatoms. The Hall–Kier alpha value is -0.570. The van der Waals surface area contributed by atoms with Gasteiger partial charge in [-0.1, -0.05) is 41.5 Å². The molecule has 5 fully saturated rings. The summed E-state index contributed by atoms with van der Waals surface area (Å²) in [6.07, 6.45) is 11.4. The molecule has 5 saturated carbocycles. The van der Waals surface area contributed by atoms with Crippen LogP contribution in [0.15, 0.2) is 0 Å². The monoisotopic (exact) mass is 444 g/mol. The molecule has 2 N–H and O–H groups in total. The van der Waals surface area contributed by atoms with Crippen molar-refractivity contribution in [2.24, 2.45) is 63.1 Å². The maximum Gasteiger partial charge on any atom is 0.306 e. The van der Waals surface area contributed by atoms with Crippen LogP contribution in [0.1, 0.15) is 106 Å². The van der Waals surface area contributed by atoms with Gasteiger partial charge in [-0.15, -0.1) is 0 Å². The highest BCUT2D eigenvalue weighted by Crippen LogP contribution is 2.75. The Morgan fingerprint density at radius 2 is 1.47 bits per heavy atom. The smallest absolute Gasteiger partial charge is 0.306 e. The lowest BCUT2D eigenvalue weighted by molar-refractivity contribution is -0.248. The van der Waals surface area contributed by atoms with Gasteiger partial charge in [0.1, 0.15) is 0 Å². The van der Waals surface area contributed by atoms with Crippen LogP contribution in [0.5, 0.6) is 0 Å². The van der Waals surface area contributed by atoms with Crippen molar-refractivity contribution < 1.29 is 15.0 Å². The second kappa shape index (κ2) is 7.22. The molecule has 0 amide bonds. The lowest BCUT2D eigenvalue weighted by Crippen LogP contribution is -2.66. The van der Waals surface area contributed by atoms with Crippen molar-refractivity contribution in [2.75, 3.05) is 0 Å². The molecule has 11 atom stereocenters. The molecule has 0 spiro atoms. The Balaban J connectivity index is 1.51. The molecular weight excluding hydrogens is 396 g/mol. The number of hydrogen-bond acceptors (Lipinski definition) is 2. The molecule has 5 aliphatic rings. The molecule has 5 aliphatic carbocycles. The molecule has 0 aromatic heterocycles. The fourth-order valence-corrected chi connectivity index (χ4v) is 11.5. The number of aliphatic hydroxyl groups is 1. The second-order valence-electron chi connectivity index (χ2n) is 14.3. The highest BCUT2D eigenvalue weighted by molar-refractivity contribution is 5.70. The minimum absolute atomic E-state index is 0.0103. The van der Waals surface area contributed by atoms with Gasteiger partial charge >= 0.3 is 5.97 Å². The summed E-state index contributed by atoms with van der Waals surface area (Å²) in [4.78, 5) is 12.1. The quantitative estimate of drug-likeness (QED) is 0.469. The van der Waals surface area contributed by atoms with Crippen molar-refractivity contribution in [1.29, 1.82) is 0 Å². The van der Waals surface area contributed by atoms with Crippen LogP contribution in [-0.2, 0) is 4.79 Å². The molecule has 0 aromatic rings. The first kappa shape index (κ1) is 23.2. The van der Waals surface area contributed by atoms with Crippen LogP contribution in [0, 0.1) is 63.1 Å². The minimum Gasteiger partial charge on any atom is -0.481 e. The highest BCUT2D eigenvalue weighted by atomic mass is 16.4. The summed E-state index contributed by atoms with van der Waals surface area (Å²) in [6.45, 7) is 15.0. The van der Waals surface area contributed by atoms with E-state index in [2.05, 4.69) is 41.5 Å². The van der Waals surface area contributed by atoms with Gasteiger partial charge in [0.05, 0.1) is 12.0 Å². The van der Waals surface area contributed by atoms with E-state index in [9.17, 15) is 15.0 Å². The molecule has 182 valence electrons. The molecule has 0 heterocycles. The van der Waals surface area contributed by atoms with Gasteiger partial charge in [-0.3, -0.25) is 4.79 Å². The third-order valence-electron chi connectivity index (χ3n) is 13.3. The van der Waals surface area contributed by atoms with Crippen LogP contribution in [0.4, 0.5) is 0 Å². The van der Waals surface area contributed by atoms with Crippen LogP contribution >= 0.6 is 0 Å². The van der Waals surface area contributed by atoms with Gasteiger partial charge in [-0.05, 0) is 121 Å². The van der Waals surface area contributed by atoms with Crippen LogP contribution in [-0.4, -0.2) is 22.3 Å². The molecule has 11 unspecified atom stereocenters. The van der Waals surface area contributed by atoms with Crippen LogP contribution in [0.2, 0.25) is 0 Å². The van der Waals surface area contributed by atoms with Crippen molar-refractivity contribution in [1.82, 2.24) is 0 Å². The van der Waals surface area contributed by atoms with Crippen LogP contribution in [0.25, 0.3) is 0 Å². The van der Waals surface area contributed by atoms with E-state index < -0.39 is 5.97 Å². The molecular formula is C29H48O3. The minimum atomic E-state index is -0.536. The fraction of sp³-hybridized carbons (Fsp3) is 0.966. The Kier molecular flexibility index (Phi) is 5.23. The van der Waals surface area contributed by atoms with Crippen molar-refractivity contribution in [3.05, 3.63) is 0 Å².